The highest BCUT2D eigenvalue weighted by Gasteiger charge is 2.35. The zero-order chi connectivity index (χ0) is 27.1. The number of hydrogen-bond acceptors (Lipinski definition) is 5. The fourth-order valence-corrected chi connectivity index (χ4v) is 4.60. The third-order valence-corrected chi connectivity index (χ3v) is 6.73. The van der Waals surface area contributed by atoms with Crippen molar-refractivity contribution in [1.82, 2.24) is 5.32 Å². The molecule has 1 aliphatic heterocycles. The topological polar surface area (TPSA) is 67.9 Å². The molecule has 0 spiro atoms. The van der Waals surface area contributed by atoms with Gasteiger partial charge in [-0.05, 0) is 47.1 Å². The summed E-state index contributed by atoms with van der Waals surface area (Å²) in [5.74, 6) is 0.814. The van der Waals surface area contributed by atoms with E-state index in [-0.39, 0.29) is 31.0 Å². The van der Waals surface area contributed by atoms with Crippen LogP contribution in [-0.4, -0.2) is 30.6 Å². The van der Waals surface area contributed by atoms with Crippen LogP contribution in [0, 0.1) is 5.92 Å². The first-order valence-electron chi connectivity index (χ1n) is 13.4. The number of para-hydroxylation sites is 2. The molecule has 0 saturated heterocycles. The molecule has 0 bridgehead atoms. The summed E-state index contributed by atoms with van der Waals surface area (Å²) in [6.07, 6.45) is 0.543. The van der Waals surface area contributed by atoms with Gasteiger partial charge in [0.1, 0.15) is 31.0 Å². The zero-order valence-corrected chi connectivity index (χ0v) is 22.7. The number of amides is 1. The Balaban J connectivity index is 1.54. The van der Waals surface area contributed by atoms with Crippen LogP contribution in [0.5, 0.6) is 5.75 Å². The molecular weight excluding hydrogens is 476 g/mol. The molecule has 1 amide bonds. The first kappa shape index (κ1) is 27.4. The van der Waals surface area contributed by atoms with Crippen molar-refractivity contribution in [1.29, 1.82) is 0 Å². The molecule has 3 aromatic rings. The Hall–Kier alpha value is -3.64. The van der Waals surface area contributed by atoms with Crippen molar-refractivity contribution in [3.05, 3.63) is 95.6 Å². The number of esters is 1. The maximum absolute atomic E-state index is 13.9. The normalized spacial score (nSPS) is 16.1. The lowest BCUT2D eigenvalue weighted by molar-refractivity contribution is -0.148. The first-order chi connectivity index (χ1) is 18.3. The average Bonchev–Trinajstić information content (AvgIpc) is 3.04. The number of hydrogen-bond donors (Lipinski definition) is 1. The van der Waals surface area contributed by atoms with Crippen LogP contribution in [0.4, 0.5) is 5.69 Å². The number of carbonyl (C=O) groups excluding carboxylic acids is 2. The summed E-state index contributed by atoms with van der Waals surface area (Å²) < 4.78 is 11.7. The predicted molar refractivity (Wildman–Crippen MR) is 150 cm³/mol. The summed E-state index contributed by atoms with van der Waals surface area (Å²) in [6, 6.07) is 24.2. The Labute approximate surface area is 226 Å². The third kappa shape index (κ3) is 7.01. The number of fused-ring (bicyclic) bond motifs is 1. The van der Waals surface area contributed by atoms with Gasteiger partial charge in [0.15, 0.2) is 0 Å². The molecule has 200 valence electrons. The highest BCUT2D eigenvalue weighted by Crippen LogP contribution is 2.32. The van der Waals surface area contributed by atoms with E-state index in [1.165, 1.54) is 5.56 Å². The van der Waals surface area contributed by atoms with E-state index in [2.05, 4.69) is 43.4 Å². The van der Waals surface area contributed by atoms with Crippen LogP contribution in [0.15, 0.2) is 78.9 Å². The lowest BCUT2D eigenvalue weighted by Crippen LogP contribution is -2.54. The van der Waals surface area contributed by atoms with Crippen LogP contribution in [0.25, 0.3) is 0 Å². The van der Waals surface area contributed by atoms with Gasteiger partial charge in [0.2, 0.25) is 5.91 Å². The molecule has 6 nitrogen and oxygen atoms in total. The minimum atomic E-state index is -0.703. The van der Waals surface area contributed by atoms with Gasteiger partial charge in [0, 0.05) is 0 Å². The molecule has 6 heteroatoms. The molecule has 1 heterocycles. The van der Waals surface area contributed by atoms with Gasteiger partial charge >= 0.3 is 5.97 Å². The SMILES string of the molecule is CC(C)C[C@H](N[C@H]1COc2ccccc2N(Cc2ccc(C(C)C)cc2)C1=O)C(=O)OCc1ccccc1. The zero-order valence-electron chi connectivity index (χ0n) is 22.7. The van der Waals surface area contributed by atoms with Gasteiger partial charge < -0.3 is 14.4 Å². The van der Waals surface area contributed by atoms with E-state index in [0.29, 0.717) is 24.6 Å². The third-order valence-electron chi connectivity index (χ3n) is 6.73. The number of rotatable bonds is 10. The second kappa shape index (κ2) is 12.7. The van der Waals surface area contributed by atoms with Crippen molar-refractivity contribution < 1.29 is 19.1 Å². The molecule has 1 aliphatic rings. The van der Waals surface area contributed by atoms with Gasteiger partial charge in [-0.3, -0.25) is 14.9 Å². The lowest BCUT2D eigenvalue weighted by atomic mass is 10.0. The highest BCUT2D eigenvalue weighted by molar-refractivity contribution is 5.99. The van der Waals surface area contributed by atoms with E-state index >= 15 is 0 Å². The fourth-order valence-electron chi connectivity index (χ4n) is 4.60. The average molecular weight is 515 g/mol. The molecule has 1 N–H and O–H groups in total. The Kier molecular flexibility index (Phi) is 9.19. The van der Waals surface area contributed by atoms with Crippen molar-refractivity contribution in [3.63, 3.8) is 0 Å². The molecule has 3 aromatic carbocycles. The minimum absolute atomic E-state index is 0.124. The van der Waals surface area contributed by atoms with Crippen LogP contribution >= 0.6 is 0 Å². The molecule has 38 heavy (non-hydrogen) atoms. The molecule has 2 atom stereocenters. The summed E-state index contributed by atoms with van der Waals surface area (Å²) >= 11 is 0. The van der Waals surface area contributed by atoms with Crippen LogP contribution in [0.2, 0.25) is 0 Å². The summed E-state index contributed by atoms with van der Waals surface area (Å²) in [5, 5.41) is 3.30. The lowest BCUT2D eigenvalue weighted by Gasteiger charge is -2.28. The van der Waals surface area contributed by atoms with Crippen LogP contribution in [0.3, 0.4) is 0 Å². The second-order valence-corrected chi connectivity index (χ2v) is 10.6. The quantitative estimate of drug-likeness (QED) is 0.344. The van der Waals surface area contributed by atoms with Crippen LogP contribution < -0.4 is 15.0 Å². The van der Waals surface area contributed by atoms with E-state index in [1.807, 2.05) is 68.4 Å². The van der Waals surface area contributed by atoms with Gasteiger partial charge in [0.05, 0.1) is 12.2 Å². The molecule has 0 unspecified atom stereocenters. The molecule has 4 rings (SSSR count). The van der Waals surface area contributed by atoms with E-state index in [1.54, 1.807) is 4.90 Å². The number of ether oxygens (including phenoxy) is 2. The van der Waals surface area contributed by atoms with E-state index in [9.17, 15) is 9.59 Å². The largest absolute Gasteiger partial charge is 0.489 e. The summed E-state index contributed by atoms with van der Waals surface area (Å²) in [4.78, 5) is 28.8. The van der Waals surface area contributed by atoms with Crippen molar-refractivity contribution in [2.24, 2.45) is 5.92 Å². The predicted octanol–water partition coefficient (Wildman–Crippen LogP) is 5.85. The maximum Gasteiger partial charge on any atom is 0.323 e. The second-order valence-electron chi connectivity index (χ2n) is 10.6. The summed E-state index contributed by atoms with van der Waals surface area (Å²) in [6.45, 7) is 9.14. The maximum atomic E-state index is 13.9. The van der Waals surface area contributed by atoms with Crippen molar-refractivity contribution >= 4 is 17.6 Å². The molecule has 0 radical (unpaired) electrons. The molecular formula is C32H38N2O4. The van der Waals surface area contributed by atoms with Crippen molar-refractivity contribution in [3.8, 4) is 5.75 Å². The fraction of sp³-hybridized carbons (Fsp3) is 0.375. The standard InChI is InChI=1S/C32H38N2O4/c1-22(2)18-27(32(36)38-20-25-10-6-5-7-11-25)33-28-21-37-30-13-9-8-12-29(30)34(31(28)35)19-24-14-16-26(17-15-24)23(3)4/h5-17,22-23,27-28,33H,18-21H2,1-4H3/t27-,28-/m0/s1. The number of nitrogens with one attached hydrogen (secondary N) is 1. The van der Waals surface area contributed by atoms with E-state index in [4.69, 9.17) is 9.47 Å². The van der Waals surface area contributed by atoms with Crippen LogP contribution in [-0.2, 0) is 27.5 Å². The van der Waals surface area contributed by atoms with E-state index in [0.717, 1.165) is 16.8 Å². The molecule has 0 aromatic heterocycles. The van der Waals surface area contributed by atoms with E-state index < -0.39 is 12.1 Å². The number of nitrogens with zero attached hydrogens (tertiary/aromatic N) is 1. The Morgan fingerprint density at radius 2 is 1.63 bits per heavy atom. The molecule has 0 fully saturated rings. The van der Waals surface area contributed by atoms with Crippen molar-refractivity contribution in [2.75, 3.05) is 11.5 Å². The van der Waals surface area contributed by atoms with Crippen LogP contribution in [0.1, 0.15) is 56.7 Å². The van der Waals surface area contributed by atoms with Gasteiger partial charge in [-0.15, -0.1) is 0 Å². The Morgan fingerprint density at radius 3 is 2.32 bits per heavy atom. The van der Waals surface area contributed by atoms with Crippen molar-refractivity contribution in [2.45, 2.75) is 65.3 Å². The monoisotopic (exact) mass is 514 g/mol. The summed E-state index contributed by atoms with van der Waals surface area (Å²) in [7, 11) is 0. The smallest absolute Gasteiger partial charge is 0.323 e. The number of anilines is 1. The van der Waals surface area contributed by atoms with Gasteiger partial charge in [-0.2, -0.15) is 0 Å². The molecule has 0 aliphatic carbocycles. The molecule has 0 saturated carbocycles. The number of carbonyl (C=O) groups is 2. The minimum Gasteiger partial charge on any atom is -0.489 e. The Morgan fingerprint density at radius 1 is 0.947 bits per heavy atom. The Bertz CT molecular complexity index is 1210. The highest BCUT2D eigenvalue weighted by atomic mass is 16.5. The first-order valence-corrected chi connectivity index (χ1v) is 13.4. The van der Waals surface area contributed by atoms with Gasteiger partial charge in [-0.1, -0.05) is 94.4 Å². The summed E-state index contributed by atoms with van der Waals surface area (Å²) in [5.41, 5.74) is 3.92. The van der Waals surface area contributed by atoms with Gasteiger partial charge in [-0.25, -0.2) is 0 Å². The van der Waals surface area contributed by atoms with Gasteiger partial charge in [0.25, 0.3) is 0 Å². The number of benzene rings is 3.